The smallest absolute Gasteiger partial charge is 0.145 e. The molecule has 6 heteroatoms. The number of fused-ring (bicyclic) bond motifs is 2. The van der Waals surface area contributed by atoms with Crippen molar-refractivity contribution in [2.75, 3.05) is 11.9 Å². The van der Waals surface area contributed by atoms with E-state index in [2.05, 4.69) is 194 Å². The predicted octanol–water partition coefficient (Wildman–Crippen LogP) is 12.1. The van der Waals surface area contributed by atoms with E-state index in [-0.39, 0.29) is 0 Å². The van der Waals surface area contributed by atoms with Crippen molar-refractivity contribution in [3.63, 3.8) is 0 Å². The van der Waals surface area contributed by atoms with Crippen molar-refractivity contribution in [2.45, 2.75) is 20.8 Å². The van der Waals surface area contributed by atoms with Crippen LogP contribution in [-0.2, 0) is 0 Å². The Hall–Kier alpha value is -7.05. The second-order valence-electron chi connectivity index (χ2n) is 14.0. The first-order chi connectivity index (χ1) is 26.9. The fourth-order valence-electron chi connectivity index (χ4n) is 7.62. The zero-order valence-corrected chi connectivity index (χ0v) is 31.3. The van der Waals surface area contributed by atoms with E-state index in [1.54, 1.807) is 0 Å². The second-order valence-corrected chi connectivity index (χ2v) is 14.0. The number of benzene rings is 7. The van der Waals surface area contributed by atoms with Gasteiger partial charge in [-0.05, 0) is 104 Å². The molecule has 0 spiro atoms. The number of nitrogens with zero attached hydrogens (tertiary/aromatic N) is 6. The first kappa shape index (κ1) is 33.8. The Bertz CT molecular complexity index is 2750. The van der Waals surface area contributed by atoms with Gasteiger partial charge in [0.1, 0.15) is 11.6 Å². The monoisotopic (exact) mass is 712 g/mol. The topological polar surface area (TPSA) is 51.2 Å². The summed E-state index contributed by atoms with van der Waals surface area (Å²) < 4.78 is 4.54. The Labute approximate surface area is 321 Å². The van der Waals surface area contributed by atoms with Gasteiger partial charge in [0.05, 0.1) is 39.1 Å². The van der Waals surface area contributed by atoms with Crippen molar-refractivity contribution in [2.24, 2.45) is 4.99 Å². The Morgan fingerprint density at radius 1 is 0.491 bits per heavy atom. The maximum Gasteiger partial charge on any atom is 0.145 e. The van der Waals surface area contributed by atoms with Crippen molar-refractivity contribution in [3.05, 3.63) is 186 Å². The molecule has 0 aliphatic carbocycles. The maximum atomic E-state index is 5.29. The summed E-state index contributed by atoms with van der Waals surface area (Å²) in [7, 11) is 2.11. The van der Waals surface area contributed by atoms with E-state index in [4.69, 9.17) is 15.0 Å². The van der Waals surface area contributed by atoms with Gasteiger partial charge in [-0.3, -0.25) is 14.1 Å². The molecule has 2 aromatic heterocycles. The number of aliphatic imine (C=N–C) groups is 1. The van der Waals surface area contributed by atoms with Gasteiger partial charge in [-0.25, -0.2) is 9.97 Å². The summed E-state index contributed by atoms with van der Waals surface area (Å²) >= 11 is 0. The van der Waals surface area contributed by atoms with E-state index in [0.717, 1.165) is 90.0 Å². The number of imidazole rings is 2. The average molecular weight is 713 g/mol. The van der Waals surface area contributed by atoms with Crippen LogP contribution in [0.2, 0.25) is 0 Å². The molecule has 0 radical (unpaired) electrons. The summed E-state index contributed by atoms with van der Waals surface area (Å²) in [5.74, 6) is 1.68. The molecule has 0 saturated heterocycles. The van der Waals surface area contributed by atoms with Crippen LogP contribution in [-0.4, -0.2) is 32.4 Å². The van der Waals surface area contributed by atoms with Gasteiger partial charge in [0.15, 0.2) is 0 Å². The molecule has 9 rings (SSSR count). The van der Waals surface area contributed by atoms with E-state index in [1.807, 2.05) is 18.3 Å². The van der Waals surface area contributed by atoms with Crippen LogP contribution in [0, 0.1) is 20.8 Å². The molecule has 0 aliphatic rings. The molecule has 0 atom stereocenters. The normalized spacial score (nSPS) is 11.6. The minimum atomic E-state index is 0.799. The number of aromatic nitrogens is 4. The Morgan fingerprint density at radius 3 is 1.49 bits per heavy atom. The molecule has 266 valence electrons. The van der Waals surface area contributed by atoms with Gasteiger partial charge in [0, 0.05) is 41.3 Å². The third-order valence-corrected chi connectivity index (χ3v) is 10.4. The van der Waals surface area contributed by atoms with Gasteiger partial charge >= 0.3 is 0 Å². The van der Waals surface area contributed by atoms with E-state index >= 15 is 0 Å². The zero-order chi connectivity index (χ0) is 37.5. The number of hydrogen-bond donors (Lipinski definition) is 0. The number of aryl methyl sites for hydroxylation is 3. The lowest BCUT2D eigenvalue weighted by Crippen LogP contribution is -2.12. The Morgan fingerprint density at radius 2 is 0.945 bits per heavy atom. The molecule has 2 heterocycles. The minimum absolute atomic E-state index is 0.799. The van der Waals surface area contributed by atoms with E-state index < -0.39 is 0 Å². The van der Waals surface area contributed by atoms with Crippen molar-refractivity contribution >= 4 is 45.3 Å². The van der Waals surface area contributed by atoms with Crippen LogP contribution in [0.15, 0.2) is 169 Å². The van der Waals surface area contributed by atoms with E-state index in [0.29, 0.717) is 0 Å². The SMILES string of the molecule is Cc1ccccc1N(C)c1ccccc1C=Nc1cc(-c2nc3ccccc3n2-c2ccccc2C)cc(-c2nc3ccccc3n2-c2ccccc2C)c1. The molecule has 0 amide bonds. The quantitative estimate of drug-likeness (QED) is 0.147. The lowest BCUT2D eigenvalue weighted by molar-refractivity contribution is 1.07. The van der Waals surface area contributed by atoms with Crippen molar-refractivity contribution < 1.29 is 0 Å². The zero-order valence-electron chi connectivity index (χ0n) is 31.3. The van der Waals surface area contributed by atoms with Gasteiger partial charge in [-0.15, -0.1) is 0 Å². The fourth-order valence-corrected chi connectivity index (χ4v) is 7.62. The molecular weight excluding hydrogens is 673 g/mol. The van der Waals surface area contributed by atoms with Crippen LogP contribution < -0.4 is 4.90 Å². The van der Waals surface area contributed by atoms with Crippen LogP contribution in [0.3, 0.4) is 0 Å². The first-order valence-corrected chi connectivity index (χ1v) is 18.6. The van der Waals surface area contributed by atoms with Crippen molar-refractivity contribution in [1.82, 2.24) is 19.1 Å². The molecule has 0 saturated carbocycles. The lowest BCUT2D eigenvalue weighted by Gasteiger charge is -2.23. The van der Waals surface area contributed by atoms with Crippen LogP contribution in [0.5, 0.6) is 0 Å². The number of hydrogen-bond acceptors (Lipinski definition) is 4. The molecule has 7 aromatic carbocycles. The van der Waals surface area contributed by atoms with Crippen molar-refractivity contribution in [3.8, 4) is 34.2 Å². The molecule has 55 heavy (non-hydrogen) atoms. The van der Waals surface area contributed by atoms with Crippen LogP contribution in [0.4, 0.5) is 17.1 Å². The molecule has 0 fully saturated rings. The number of para-hydroxylation sites is 8. The first-order valence-electron chi connectivity index (χ1n) is 18.6. The van der Waals surface area contributed by atoms with Gasteiger partial charge in [0.2, 0.25) is 0 Å². The predicted molar refractivity (Wildman–Crippen MR) is 229 cm³/mol. The number of anilines is 2. The third-order valence-electron chi connectivity index (χ3n) is 10.4. The van der Waals surface area contributed by atoms with Gasteiger partial charge in [0.25, 0.3) is 0 Å². The minimum Gasteiger partial charge on any atom is -0.344 e. The maximum absolute atomic E-state index is 5.29. The van der Waals surface area contributed by atoms with Crippen LogP contribution in [0.25, 0.3) is 56.2 Å². The Kier molecular flexibility index (Phi) is 8.63. The number of rotatable bonds is 8. The molecular formula is C49H40N6. The van der Waals surface area contributed by atoms with E-state index in [9.17, 15) is 0 Å². The molecule has 0 aliphatic heterocycles. The third kappa shape index (κ3) is 6.17. The van der Waals surface area contributed by atoms with Gasteiger partial charge in [-0.1, -0.05) is 97.1 Å². The molecule has 9 aromatic rings. The molecule has 0 N–H and O–H groups in total. The summed E-state index contributed by atoms with van der Waals surface area (Å²) in [6.07, 6.45) is 1.97. The van der Waals surface area contributed by atoms with E-state index in [1.165, 1.54) is 5.56 Å². The van der Waals surface area contributed by atoms with Crippen LogP contribution >= 0.6 is 0 Å². The molecule has 6 nitrogen and oxygen atoms in total. The lowest BCUT2D eigenvalue weighted by atomic mass is 10.1. The van der Waals surface area contributed by atoms with Crippen molar-refractivity contribution in [1.29, 1.82) is 0 Å². The molecule has 0 bridgehead atoms. The fraction of sp³-hybridized carbons (Fsp3) is 0.0816. The van der Waals surface area contributed by atoms with Crippen LogP contribution in [0.1, 0.15) is 22.3 Å². The largest absolute Gasteiger partial charge is 0.344 e. The highest BCUT2D eigenvalue weighted by molar-refractivity contribution is 5.93. The summed E-state index contributed by atoms with van der Waals surface area (Å²) in [5, 5.41) is 0. The van der Waals surface area contributed by atoms with Gasteiger partial charge in [-0.2, -0.15) is 0 Å². The summed E-state index contributed by atoms with van der Waals surface area (Å²) in [6.45, 7) is 6.44. The summed E-state index contributed by atoms with van der Waals surface area (Å²) in [5.41, 5.74) is 15.6. The summed E-state index contributed by atoms with van der Waals surface area (Å²) in [6, 6.07) is 57.0. The summed E-state index contributed by atoms with van der Waals surface area (Å²) in [4.78, 5) is 18.0. The highest BCUT2D eigenvalue weighted by Gasteiger charge is 2.21. The molecule has 0 unspecified atom stereocenters. The average Bonchev–Trinajstić information content (AvgIpc) is 3.80. The van der Waals surface area contributed by atoms with Gasteiger partial charge < -0.3 is 4.90 Å². The standard InChI is InChI=1S/C49H40N6/c1-33-17-5-11-23-42(33)53(4)45-26-14-8-20-36(45)32-50-39-30-37(48-51-40-21-9-15-27-46(40)54(48)43-24-12-6-18-34(43)2)29-38(31-39)49-52-41-22-10-16-28-47(41)55(49)44-25-13-7-19-35(44)3/h5-32H,1-4H3. The highest BCUT2D eigenvalue weighted by atomic mass is 15.1. The highest BCUT2D eigenvalue weighted by Crippen LogP contribution is 2.38. The second kappa shape index (κ2) is 14.1. The Balaban J connectivity index is 1.28.